The average molecular weight is 300 g/mol. The number of aromatic nitrogens is 1. The molecule has 1 heterocycles. The van der Waals surface area contributed by atoms with E-state index in [0.29, 0.717) is 0 Å². The number of halogens is 1. The van der Waals surface area contributed by atoms with Crippen LogP contribution in [-0.4, -0.2) is 12.1 Å². The Morgan fingerprint density at radius 1 is 1.43 bits per heavy atom. The summed E-state index contributed by atoms with van der Waals surface area (Å²) in [6, 6.07) is 5.69. The van der Waals surface area contributed by atoms with Gasteiger partial charge in [-0.2, -0.15) is 0 Å². The first-order valence-corrected chi connectivity index (χ1v) is 5.18. The van der Waals surface area contributed by atoms with E-state index in [2.05, 4.69) is 27.6 Å². The summed E-state index contributed by atoms with van der Waals surface area (Å²) in [6.45, 7) is 0. The summed E-state index contributed by atoms with van der Waals surface area (Å²) in [5, 5.41) is 0.970. The van der Waals surface area contributed by atoms with Crippen LogP contribution in [0.4, 0.5) is 5.69 Å². The lowest BCUT2D eigenvalue weighted by atomic mass is 10.2. The molecule has 0 radical (unpaired) electrons. The van der Waals surface area contributed by atoms with Crippen LogP contribution in [0.25, 0.3) is 10.9 Å². The maximum atomic E-state index is 5.92. The molecule has 2 aromatic rings. The molecule has 0 aliphatic heterocycles. The van der Waals surface area contributed by atoms with Crippen LogP contribution in [0.3, 0.4) is 0 Å². The first-order chi connectivity index (χ1) is 6.72. The molecule has 0 atom stereocenters. The van der Waals surface area contributed by atoms with Crippen molar-refractivity contribution in [2.24, 2.45) is 0 Å². The number of rotatable bonds is 1. The van der Waals surface area contributed by atoms with Gasteiger partial charge in [0, 0.05) is 17.6 Å². The molecule has 2 N–H and O–H groups in total. The van der Waals surface area contributed by atoms with E-state index in [1.165, 1.54) is 0 Å². The topological polar surface area (TPSA) is 48.1 Å². The molecule has 0 aliphatic rings. The number of nitrogen functional groups attached to an aromatic ring is 1. The highest BCUT2D eigenvalue weighted by molar-refractivity contribution is 14.1. The lowest BCUT2D eigenvalue weighted by Gasteiger charge is -2.05. The van der Waals surface area contributed by atoms with E-state index in [1.807, 2.05) is 18.2 Å². The molecule has 14 heavy (non-hydrogen) atoms. The molecule has 1 aromatic heterocycles. The minimum absolute atomic E-state index is 0.776. The summed E-state index contributed by atoms with van der Waals surface area (Å²) in [6.07, 6.45) is 1.76. The molecular weight excluding hydrogens is 291 g/mol. The molecule has 0 saturated carbocycles. The lowest BCUT2D eigenvalue weighted by molar-refractivity contribution is 0.415. The van der Waals surface area contributed by atoms with E-state index in [0.717, 1.165) is 25.9 Å². The first kappa shape index (κ1) is 9.51. The summed E-state index contributed by atoms with van der Waals surface area (Å²) in [7, 11) is 1.64. The highest BCUT2D eigenvalue weighted by Crippen LogP contribution is 2.26. The molecule has 3 nitrogen and oxygen atoms in total. The summed E-state index contributed by atoms with van der Waals surface area (Å²) < 4.78 is 6.08. The van der Waals surface area contributed by atoms with E-state index in [9.17, 15) is 0 Å². The Labute approximate surface area is 95.4 Å². The van der Waals surface area contributed by atoms with E-state index in [1.54, 1.807) is 13.3 Å². The zero-order chi connectivity index (χ0) is 10.1. The van der Waals surface area contributed by atoms with E-state index >= 15 is 0 Å². The van der Waals surface area contributed by atoms with Gasteiger partial charge in [0.2, 0.25) is 0 Å². The molecular formula is C10H9IN2O. The number of hydrogen-bond acceptors (Lipinski definition) is 3. The zero-order valence-electron chi connectivity index (χ0n) is 7.62. The van der Waals surface area contributed by atoms with Crippen molar-refractivity contribution in [1.29, 1.82) is 0 Å². The summed E-state index contributed by atoms with van der Waals surface area (Å²) in [5.74, 6) is 0.797. The van der Waals surface area contributed by atoms with Gasteiger partial charge >= 0.3 is 0 Å². The standard InChI is InChI=1S/C10H9IN2O/c1-14-6-2-3-7-9(4-6)13-5-8(11)10(7)12/h2-5H,1H3,(H2,12,13). The number of methoxy groups -OCH3 is 1. The van der Waals surface area contributed by atoms with Gasteiger partial charge in [-0.1, -0.05) is 0 Å². The van der Waals surface area contributed by atoms with Crippen molar-refractivity contribution in [3.63, 3.8) is 0 Å². The molecule has 0 bridgehead atoms. The number of nitrogens with two attached hydrogens (primary N) is 1. The molecule has 2 rings (SSSR count). The fourth-order valence-corrected chi connectivity index (χ4v) is 1.73. The summed E-state index contributed by atoms with van der Waals surface area (Å²) >= 11 is 2.17. The van der Waals surface area contributed by atoms with Gasteiger partial charge in [0.15, 0.2) is 0 Å². The highest BCUT2D eigenvalue weighted by Gasteiger charge is 2.03. The predicted octanol–water partition coefficient (Wildman–Crippen LogP) is 2.43. The van der Waals surface area contributed by atoms with Crippen LogP contribution in [0.1, 0.15) is 0 Å². The summed E-state index contributed by atoms with van der Waals surface area (Å²) in [4.78, 5) is 4.28. The quantitative estimate of drug-likeness (QED) is 0.823. The van der Waals surface area contributed by atoms with Gasteiger partial charge in [-0.3, -0.25) is 4.98 Å². The number of nitrogens with zero attached hydrogens (tertiary/aromatic N) is 1. The molecule has 0 fully saturated rings. The molecule has 72 valence electrons. The van der Waals surface area contributed by atoms with Crippen molar-refractivity contribution >= 4 is 39.2 Å². The third-order valence-electron chi connectivity index (χ3n) is 2.07. The smallest absolute Gasteiger partial charge is 0.121 e. The van der Waals surface area contributed by atoms with Gasteiger partial charge < -0.3 is 10.5 Å². The van der Waals surface area contributed by atoms with Crippen molar-refractivity contribution in [1.82, 2.24) is 4.98 Å². The Balaban J connectivity index is 2.74. The van der Waals surface area contributed by atoms with Crippen LogP contribution in [0, 0.1) is 3.57 Å². The Morgan fingerprint density at radius 2 is 2.21 bits per heavy atom. The molecule has 4 heteroatoms. The number of fused-ring (bicyclic) bond motifs is 1. The van der Waals surface area contributed by atoms with Gasteiger partial charge in [-0.15, -0.1) is 0 Å². The number of hydrogen-bond donors (Lipinski definition) is 1. The van der Waals surface area contributed by atoms with Gasteiger partial charge in [-0.05, 0) is 34.7 Å². The maximum Gasteiger partial charge on any atom is 0.121 e. The maximum absolute atomic E-state index is 5.92. The Morgan fingerprint density at radius 3 is 2.93 bits per heavy atom. The van der Waals surface area contributed by atoms with Gasteiger partial charge in [0.05, 0.1) is 21.9 Å². The Hall–Kier alpha value is -1.04. The van der Waals surface area contributed by atoms with Crippen LogP contribution in [-0.2, 0) is 0 Å². The monoisotopic (exact) mass is 300 g/mol. The largest absolute Gasteiger partial charge is 0.497 e. The van der Waals surface area contributed by atoms with E-state index < -0.39 is 0 Å². The van der Waals surface area contributed by atoms with Crippen LogP contribution in [0.15, 0.2) is 24.4 Å². The molecule has 0 aliphatic carbocycles. The second-order valence-corrected chi connectivity index (χ2v) is 4.07. The molecule has 0 spiro atoms. The van der Waals surface area contributed by atoms with Crippen molar-refractivity contribution < 1.29 is 4.74 Å². The second-order valence-electron chi connectivity index (χ2n) is 2.90. The Bertz CT molecular complexity index is 485. The predicted molar refractivity (Wildman–Crippen MR) is 65.4 cm³/mol. The van der Waals surface area contributed by atoms with Gasteiger partial charge in [0.25, 0.3) is 0 Å². The van der Waals surface area contributed by atoms with Gasteiger partial charge in [-0.25, -0.2) is 0 Å². The number of pyridine rings is 1. The third kappa shape index (κ3) is 1.50. The van der Waals surface area contributed by atoms with Crippen LogP contribution < -0.4 is 10.5 Å². The van der Waals surface area contributed by atoms with Gasteiger partial charge in [0.1, 0.15) is 5.75 Å². The lowest BCUT2D eigenvalue weighted by Crippen LogP contribution is -1.93. The van der Waals surface area contributed by atoms with Crippen molar-refractivity contribution in [3.8, 4) is 5.75 Å². The molecule has 0 amide bonds. The van der Waals surface area contributed by atoms with Crippen molar-refractivity contribution in [3.05, 3.63) is 28.0 Å². The van der Waals surface area contributed by atoms with Crippen LogP contribution in [0.5, 0.6) is 5.75 Å². The van der Waals surface area contributed by atoms with Crippen LogP contribution >= 0.6 is 22.6 Å². The minimum Gasteiger partial charge on any atom is -0.497 e. The van der Waals surface area contributed by atoms with Crippen LogP contribution in [0.2, 0.25) is 0 Å². The first-order valence-electron chi connectivity index (χ1n) is 4.10. The Kier molecular flexibility index (Phi) is 2.45. The minimum atomic E-state index is 0.776. The fourth-order valence-electron chi connectivity index (χ4n) is 1.30. The van der Waals surface area contributed by atoms with E-state index in [-0.39, 0.29) is 0 Å². The average Bonchev–Trinajstić information content (AvgIpc) is 2.23. The summed E-state index contributed by atoms with van der Waals surface area (Å²) in [5.41, 5.74) is 7.56. The number of anilines is 1. The molecule has 0 saturated heterocycles. The second kappa shape index (κ2) is 3.61. The third-order valence-corrected chi connectivity index (χ3v) is 2.93. The normalized spacial score (nSPS) is 10.4. The number of ether oxygens (including phenoxy) is 1. The molecule has 0 unspecified atom stereocenters. The highest BCUT2D eigenvalue weighted by atomic mass is 127. The van der Waals surface area contributed by atoms with Crippen molar-refractivity contribution in [2.75, 3.05) is 12.8 Å². The fraction of sp³-hybridized carbons (Fsp3) is 0.100. The molecule has 1 aromatic carbocycles. The van der Waals surface area contributed by atoms with E-state index in [4.69, 9.17) is 10.5 Å². The SMILES string of the molecule is COc1ccc2c(N)c(I)cnc2c1. The van der Waals surface area contributed by atoms with Crippen molar-refractivity contribution in [2.45, 2.75) is 0 Å². The number of benzene rings is 1. The zero-order valence-corrected chi connectivity index (χ0v) is 9.78.